The SMILES string of the molecule is CC(N)C1CCN(C(=O)c2n[nH]c3ccc(Br)cc23)CC1. The normalized spacial score (nSPS) is 18.1. The van der Waals surface area contributed by atoms with Gasteiger partial charge in [0.2, 0.25) is 0 Å². The Labute approximate surface area is 132 Å². The third-order valence-corrected chi connectivity index (χ3v) is 4.79. The molecule has 1 atom stereocenters. The molecule has 3 rings (SSSR count). The van der Waals surface area contributed by atoms with Crippen LogP contribution in [0.15, 0.2) is 22.7 Å². The van der Waals surface area contributed by atoms with E-state index in [4.69, 9.17) is 5.73 Å². The van der Waals surface area contributed by atoms with E-state index >= 15 is 0 Å². The van der Waals surface area contributed by atoms with E-state index in [-0.39, 0.29) is 11.9 Å². The molecule has 0 saturated carbocycles. The molecule has 112 valence electrons. The van der Waals surface area contributed by atoms with E-state index in [1.165, 1.54) is 0 Å². The van der Waals surface area contributed by atoms with Crippen LogP contribution in [-0.2, 0) is 0 Å². The summed E-state index contributed by atoms with van der Waals surface area (Å²) >= 11 is 3.44. The number of rotatable bonds is 2. The van der Waals surface area contributed by atoms with E-state index in [9.17, 15) is 4.79 Å². The van der Waals surface area contributed by atoms with Gasteiger partial charge in [0.05, 0.1) is 5.52 Å². The zero-order valence-electron chi connectivity index (χ0n) is 12.0. The zero-order chi connectivity index (χ0) is 15.0. The van der Waals surface area contributed by atoms with Crippen LogP contribution >= 0.6 is 15.9 Å². The number of benzene rings is 1. The van der Waals surface area contributed by atoms with Crippen LogP contribution in [0.3, 0.4) is 0 Å². The Balaban J connectivity index is 1.80. The van der Waals surface area contributed by atoms with Crippen LogP contribution in [0.25, 0.3) is 10.9 Å². The number of halogens is 1. The van der Waals surface area contributed by atoms with Crippen molar-refractivity contribution in [3.8, 4) is 0 Å². The number of aromatic amines is 1. The van der Waals surface area contributed by atoms with Crippen LogP contribution in [0.2, 0.25) is 0 Å². The number of nitrogens with zero attached hydrogens (tertiary/aromatic N) is 2. The van der Waals surface area contributed by atoms with E-state index < -0.39 is 0 Å². The summed E-state index contributed by atoms with van der Waals surface area (Å²) < 4.78 is 0.945. The van der Waals surface area contributed by atoms with Crippen LogP contribution < -0.4 is 5.73 Å². The highest BCUT2D eigenvalue weighted by Gasteiger charge is 2.27. The van der Waals surface area contributed by atoms with Crippen molar-refractivity contribution < 1.29 is 4.79 Å². The summed E-state index contributed by atoms with van der Waals surface area (Å²) in [6, 6.07) is 5.99. The Bertz CT molecular complexity index is 659. The fraction of sp³-hybridized carbons (Fsp3) is 0.467. The van der Waals surface area contributed by atoms with Gasteiger partial charge in [-0.3, -0.25) is 9.89 Å². The number of aromatic nitrogens is 2. The second-order valence-electron chi connectivity index (χ2n) is 5.75. The fourth-order valence-electron chi connectivity index (χ4n) is 2.93. The number of carbonyl (C=O) groups is 1. The number of likely N-dealkylation sites (tertiary alicyclic amines) is 1. The molecule has 0 radical (unpaired) electrons. The molecule has 1 aromatic heterocycles. The highest BCUT2D eigenvalue weighted by molar-refractivity contribution is 9.10. The van der Waals surface area contributed by atoms with Crippen molar-refractivity contribution in [1.29, 1.82) is 0 Å². The monoisotopic (exact) mass is 350 g/mol. The number of H-pyrrole nitrogens is 1. The summed E-state index contributed by atoms with van der Waals surface area (Å²) in [4.78, 5) is 14.5. The standard InChI is InChI=1S/C15H19BrN4O/c1-9(17)10-4-6-20(7-5-10)15(21)14-12-8-11(16)2-3-13(12)18-19-14/h2-3,8-10H,4-7,17H2,1H3,(H,18,19). The predicted molar refractivity (Wildman–Crippen MR) is 86.1 cm³/mol. The Hall–Kier alpha value is -1.40. The second kappa shape index (κ2) is 5.77. The van der Waals surface area contributed by atoms with Crippen molar-refractivity contribution in [3.63, 3.8) is 0 Å². The molecule has 21 heavy (non-hydrogen) atoms. The van der Waals surface area contributed by atoms with Gasteiger partial charge in [-0.1, -0.05) is 15.9 Å². The van der Waals surface area contributed by atoms with Crippen LogP contribution in [0.4, 0.5) is 0 Å². The van der Waals surface area contributed by atoms with Crippen LogP contribution in [0, 0.1) is 5.92 Å². The number of carbonyl (C=O) groups excluding carboxylic acids is 1. The Morgan fingerprint density at radius 2 is 2.19 bits per heavy atom. The van der Waals surface area contributed by atoms with Gasteiger partial charge >= 0.3 is 0 Å². The smallest absolute Gasteiger partial charge is 0.274 e. The van der Waals surface area contributed by atoms with E-state index in [1.807, 2.05) is 30.0 Å². The first kappa shape index (κ1) is 14.5. The average Bonchev–Trinajstić information content (AvgIpc) is 2.89. The number of nitrogens with two attached hydrogens (primary N) is 1. The molecule has 1 unspecified atom stereocenters. The van der Waals surface area contributed by atoms with Gasteiger partial charge in [0.1, 0.15) is 0 Å². The number of fused-ring (bicyclic) bond motifs is 1. The zero-order valence-corrected chi connectivity index (χ0v) is 13.6. The lowest BCUT2D eigenvalue weighted by Crippen LogP contribution is -2.42. The van der Waals surface area contributed by atoms with Crippen LogP contribution in [0.1, 0.15) is 30.3 Å². The topological polar surface area (TPSA) is 75.0 Å². The molecule has 1 aliphatic heterocycles. The Morgan fingerprint density at radius 1 is 1.48 bits per heavy atom. The summed E-state index contributed by atoms with van der Waals surface area (Å²) in [5.74, 6) is 0.515. The summed E-state index contributed by atoms with van der Waals surface area (Å²) in [5.41, 5.74) is 7.33. The largest absolute Gasteiger partial charge is 0.337 e. The minimum Gasteiger partial charge on any atom is -0.337 e. The highest BCUT2D eigenvalue weighted by atomic mass is 79.9. The Morgan fingerprint density at radius 3 is 2.86 bits per heavy atom. The van der Waals surface area contributed by atoms with E-state index in [0.717, 1.165) is 41.3 Å². The van der Waals surface area contributed by atoms with Crippen molar-refractivity contribution in [2.75, 3.05) is 13.1 Å². The first-order chi connectivity index (χ1) is 10.1. The first-order valence-corrected chi connectivity index (χ1v) is 8.04. The predicted octanol–water partition coefficient (Wildman–Crippen LogP) is 2.52. The summed E-state index contributed by atoms with van der Waals surface area (Å²) in [5, 5.41) is 7.99. The Kier molecular flexibility index (Phi) is 3.99. The molecule has 3 N–H and O–H groups in total. The summed E-state index contributed by atoms with van der Waals surface area (Å²) in [6.07, 6.45) is 1.94. The van der Waals surface area contributed by atoms with Gasteiger partial charge in [-0.25, -0.2) is 0 Å². The minimum atomic E-state index is 0.00229. The summed E-state index contributed by atoms with van der Waals surface area (Å²) in [7, 11) is 0. The molecule has 2 aromatic rings. The number of piperidine rings is 1. The molecular formula is C15H19BrN4O. The second-order valence-corrected chi connectivity index (χ2v) is 6.67. The van der Waals surface area contributed by atoms with Gasteiger partial charge < -0.3 is 10.6 Å². The van der Waals surface area contributed by atoms with Crippen molar-refractivity contribution in [3.05, 3.63) is 28.4 Å². The van der Waals surface area contributed by atoms with Gasteiger partial charge in [-0.15, -0.1) is 0 Å². The third kappa shape index (κ3) is 2.82. The van der Waals surface area contributed by atoms with Gasteiger partial charge in [-0.05, 0) is 43.9 Å². The van der Waals surface area contributed by atoms with Crippen molar-refractivity contribution in [2.24, 2.45) is 11.7 Å². The molecule has 6 heteroatoms. The molecule has 1 aromatic carbocycles. The molecule has 0 spiro atoms. The van der Waals surface area contributed by atoms with Gasteiger partial charge in [0, 0.05) is 29.0 Å². The summed E-state index contributed by atoms with van der Waals surface area (Å²) in [6.45, 7) is 3.56. The van der Waals surface area contributed by atoms with Gasteiger partial charge in [-0.2, -0.15) is 5.10 Å². The average molecular weight is 351 g/mol. The van der Waals surface area contributed by atoms with E-state index in [0.29, 0.717) is 11.6 Å². The lowest BCUT2D eigenvalue weighted by molar-refractivity contribution is 0.0677. The molecule has 0 bridgehead atoms. The molecule has 5 nitrogen and oxygen atoms in total. The lowest BCUT2D eigenvalue weighted by Gasteiger charge is -2.33. The van der Waals surface area contributed by atoms with Crippen LogP contribution in [-0.4, -0.2) is 40.1 Å². The number of hydrogen-bond acceptors (Lipinski definition) is 3. The maximum atomic E-state index is 12.7. The molecular weight excluding hydrogens is 332 g/mol. The maximum Gasteiger partial charge on any atom is 0.274 e. The molecule has 1 saturated heterocycles. The van der Waals surface area contributed by atoms with E-state index in [2.05, 4.69) is 26.1 Å². The van der Waals surface area contributed by atoms with Crippen molar-refractivity contribution >= 4 is 32.7 Å². The molecule has 1 fully saturated rings. The van der Waals surface area contributed by atoms with Gasteiger partial charge in [0.25, 0.3) is 5.91 Å². The van der Waals surface area contributed by atoms with Crippen molar-refractivity contribution in [1.82, 2.24) is 15.1 Å². The first-order valence-electron chi connectivity index (χ1n) is 7.24. The van der Waals surface area contributed by atoms with E-state index in [1.54, 1.807) is 0 Å². The minimum absolute atomic E-state index is 0.00229. The highest BCUT2D eigenvalue weighted by Crippen LogP contribution is 2.25. The molecule has 1 aliphatic rings. The third-order valence-electron chi connectivity index (χ3n) is 4.30. The number of hydrogen-bond donors (Lipinski definition) is 2. The number of amides is 1. The van der Waals surface area contributed by atoms with Gasteiger partial charge in [0.15, 0.2) is 5.69 Å². The quantitative estimate of drug-likeness (QED) is 0.873. The maximum absolute atomic E-state index is 12.7. The molecule has 1 amide bonds. The van der Waals surface area contributed by atoms with Crippen LogP contribution in [0.5, 0.6) is 0 Å². The fourth-order valence-corrected chi connectivity index (χ4v) is 3.29. The lowest BCUT2D eigenvalue weighted by atomic mass is 9.91. The van der Waals surface area contributed by atoms with Crippen molar-refractivity contribution in [2.45, 2.75) is 25.8 Å². The molecule has 2 heterocycles. The number of nitrogens with one attached hydrogen (secondary N) is 1. The molecule has 0 aliphatic carbocycles.